The molecular weight excluding hydrogens is 394 g/mol. The molecule has 0 N–H and O–H groups in total. The fourth-order valence-corrected chi connectivity index (χ4v) is 3.72. The molecule has 2 aromatic carbocycles. The zero-order chi connectivity index (χ0) is 22.4. The molecule has 0 bridgehead atoms. The highest BCUT2D eigenvalue weighted by Crippen LogP contribution is 2.41. The molecule has 0 radical (unpaired) electrons. The number of hydrogen-bond donors (Lipinski definition) is 0. The lowest BCUT2D eigenvalue weighted by molar-refractivity contribution is 0.0974. The Labute approximate surface area is 185 Å². The first-order valence-corrected chi connectivity index (χ1v) is 11.1. The third-order valence-corrected chi connectivity index (χ3v) is 5.44. The second-order valence-electron chi connectivity index (χ2n) is 7.55. The minimum atomic E-state index is -0.0884. The molecule has 2 aromatic rings. The number of ether oxygens (including phenoxy) is 4. The Kier molecular flexibility index (Phi) is 7.66. The van der Waals surface area contributed by atoms with Gasteiger partial charge >= 0.3 is 0 Å². The van der Waals surface area contributed by atoms with Crippen LogP contribution >= 0.6 is 0 Å². The van der Waals surface area contributed by atoms with Crippen molar-refractivity contribution in [3.05, 3.63) is 42.0 Å². The van der Waals surface area contributed by atoms with E-state index in [1.807, 2.05) is 49.9 Å². The van der Waals surface area contributed by atoms with E-state index in [9.17, 15) is 4.79 Å². The summed E-state index contributed by atoms with van der Waals surface area (Å²) in [5, 5.41) is 0. The van der Waals surface area contributed by atoms with Crippen LogP contribution in [0, 0.1) is 5.92 Å². The number of carbonyl (C=O) groups excluding carboxylic acids is 1. The van der Waals surface area contributed by atoms with Crippen molar-refractivity contribution in [2.24, 2.45) is 5.92 Å². The molecule has 31 heavy (non-hydrogen) atoms. The third kappa shape index (κ3) is 5.24. The Morgan fingerprint density at radius 1 is 0.968 bits per heavy atom. The van der Waals surface area contributed by atoms with E-state index in [1.165, 1.54) is 0 Å². The summed E-state index contributed by atoms with van der Waals surface area (Å²) >= 11 is 0. The molecule has 168 valence electrons. The van der Waals surface area contributed by atoms with Crippen LogP contribution in [-0.2, 0) is 0 Å². The predicted molar refractivity (Wildman–Crippen MR) is 122 cm³/mol. The maximum Gasteiger partial charge on any atom is 0.258 e. The third-order valence-electron chi connectivity index (χ3n) is 5.44. The normalized spacial score (nSPS) is 14.0. The molecule has 0 spiro atoms. The number of hydrogen-bond acceptors (Lipinski definition) is 5. The molecule has 1 aliphatic rings. The summed E-state index contributed by atoms with van der Waals surface area (Å²) in [7, 11) is 1.63. The van der Waals surface area contributed by atoms with E-state index in [0.717, 1.165) is 24.3 Å². The molecule has 0 heterocycles. The Hall–Kier alpha value is -2.89. The van der Waals surface area contributed by atoms with Gasteiger partial charge < -0.3 is 23.8 Å². The van der Waals surface area contributed by atoms with Crippen molar-refractivity contribution >= 4 is 11.6 Å². The average Bonchev–Trinajstić information content (AvgIpc) is 3.62. The van der Waals surface area contributed by atoms with Gasteiger partial charge in [0, 0.05) is 17.3 Å². The van der Waals surface area contributed by atoms with Gasteiger partial charge in [-0.15, -0.1) is 0 Å². The number of nitrogens with zero attached hydrogens (tertiary/aromatic N) is 1. The summed E-state index contributed by atoms with van der Waals surface area (Å²) in [6.45, 7) is 9.24. The minimum Gasteiger partial charge on any atom is -0.497 e. The Morgan fingerprint density at radius 3 is 1.97 bits per heavy atom. The largest absolute Gasteiger partial charge is 0.497 e. The highest BCUT2D eigenvalue weighted by Gasteiger charge is 2.36. The number of rotatable bonds is 11. The first-order valence-electron chi connectivity index (χ1n) is 11.1. The highest BCUT2D eigenvalue weighted by atomic mass is 16.5. The Balaban J connectivity index is 2.04. The van der Waals surface area contributed by atoms with Crippen molar-refractivity contribution in [3.63, 3.8) is 0 Å². The smallest absolute Gasteiger partial charge is 0.258 e. The number of carbonyl (C=O) groups is 1. The molecule has 0 aromatic heterocycles. The lowest BCUT2D eigenvalue weighted by atomic mass is 10.1. The van der Waals surface area contributed by atoms with Crippen LogP contribution in [0.25, 0.3) is 0 Å². The minimum absolute atomic E-state index is 0.0820. The van der Waals surface area contributed by atoms with Crippen molar-refractivity contribution in [1.29, 1.82) is 0 Å². The maximum atomic E-state index is 13.8. The van der Waals surface area contributed by atoms with E-state index >= 15 is 0 Å². The fourth-order valence-electron chi connectivity index (χ4n) is 3.72. The molecule has 0 saturated heterocycles. The van der Waals surface area contributed by atoms with Gasteiger partial charge in [0.15, 0.2) is 11.5 Å². The summed E-state index contributed by atoms with van der Waals surface area (Å²) < 4.78 is 22.7. The number of anilines is 1. The van der Waals surface area contributed by atoms with Gasteiger partial charge in [-0.3, -0.25) is 4.79 Å². The summed E-state index contributed by atoms with van der Waals surface area (Å²) in [6.07, 6.45) is 2.28. The van der Waals surface area contributed by atoms with Gasteiger partial charge in [-0.2, -0.15) is 0 Å². The second kappa shape index (κ2) is 10.4. The maximum absolute atomic E-state index is 13.8. The van der Waals surface area contributed by atoms with Gasteiger partial charge in [0.1, 0.15) is 5.75 Å². The molecule has 1 atom stereocenters. The van der Waals surface area contributed by atoms with E-state index in [2.05, 4.69) is 6.92 Å². The first kappa shape index (κ1) is 22.8. The van der Waals surface area contributed by atoms with Crippen LogP contribution in [-0.4, -0.2) is 38.9 Å². The lowest BCUT2D eigenvalue weighted by Crippen LogP contribution is -2.40. The fraction of sp³-hybridized carbons (Fsp3) is 0.480. The quantitative estimate of drug-likeness (QED) is 0.485. The summed E-state index contributed by atoms with van der Waals surface area (Å²) in [4.78, 5) is 15.7. The van der Waals surface area contributed by atoms with E-state index < -0.39 is 0 Å². The summed E-state index contributed by atoms with van der Waals surface area (Å²) in [6, 6.07) is 11.2. The van der Waals surface area contributed by atoms with E-state index in [1.54, 1.807) is 19.2 Å². The van der Waals surface area contributed by atoms with Gasteiger partial charge in [0.25, 0.3) is 5.91 Å². The standard InChI is InChI=1S/C25H33NO5/c1-6-29-22-15-19(16-23(30-7-2)24(22)31-8-3)25(27)26(17(4)18-9-10-18)20-11-13-21(28-5)14-12-20/h11-18H,6-10H2,1-5H3. The van der Waals surface area contributed by atoms with Crippen LogP contribution in [0.15, 0.2) is 36.4 Å². The molecule has 6 nitrogen and oxygen atoms in total. The van der Waals surface area contributed by atoms with Crippen LogP contribution in [0.1, 0.15) is 50.9 Å². The topological polar surface area (TPSA) is 57.2 Å². The van der Waals surface area contributed by atoms with E-state index in [-0.39, 0.29) is 11.9 Å². The number of methoxy groups -OCH3 is 1. The molecule has 1 aliphatic carbocycles. The SMILES string of the molecule is CCOc1cc(C(=O)N(c2ccc(OC)cc2)C(C)C2CC2)cc(OCC)c1OCC. The van der Waals surface area contributed by atoms with Gasteiger partial charge in [-0.05, 0) is 82.9 Å². The molecular formula is C25H33NO5. The predicted octanol–water partition coefficient (Wildman–Crippen LogP) is 5.34. The van der Waals surface area contributed by atoms with E-state index in [4.69, 9.17) is 18.9 Å². The molecule has 1 saturated carbocycles. The molecule has 1 amide bonds. The van der Waals surface area contributed by atoms with Crippen molar-refractivity contribution in [2.75, 3.05) is 31.8 Å². The lowest BCUT2D eigenvalue weighted by Gasteiger charge is -2.30. The molecule has 1 fully saturated rings. The van der Waals surface area contributed by atoms with Gasteiger partial charge in [0.2, 0.25) is 5.75 Å². The van der Waals surface area contributed by atoms with Crippen LogP contribution in [0.4, 0.5) is 5.69 Å². The van der Waals surface area contributed by atoms with Crippen LogP contribution < -0.4 is 23.8 Å². The molecule has 0 aliphatic heterocycles. The number of benzene rings is 2. The van der Waals surface area contributed by atoms with Crippen LogP contribution in [0.5, 0.6) is 23.0 Å². The van der Waals surface area contributed by atoms with Crippen molar-refractivity contribution in [1.82, 2.24) is 0 Å². The first-order chi connectivity index (χ1) is 15.0. The molecule has 3 rings (SSSR count). The monoisotopic (exact) mass is 427 g/mol. The van der Waals surface area contributed by atoms with Gasteiger partial charge in [0.05, 0.1) is 26.9 Å². The van der Waals surface area contributed by atoms with E-state index in [0.29, 0.717) is 48.6 Å². The highest BCUT2D eigenvalue weighted by molar-refractivity contribution is 6.07. The molecule has 1 unspecified atom stereocenters. The summed E-state index contributed by atoms with van der Waals surface area (Å²) in [5.74, 6) is 2.75. The summed E-state index contributed by atoms with van der Waals surface area (Å²) in [5.41, 5.74) is 1.36. The molecule has 6 heteroatoms. The van der Waals surface area contributed by atoms with Crippen molar-refractivity contribution < 1.29 is 23.7 Å². The van der Waals surface area contributed by atoms with Crippen molar-refractivity contribution in [2.45, 2.75) is 46.6 Å². The zero-order valence-electron chi connectivity index (χ0n) is 19.1. The Bertz CT molecular complexity index is 849. The zero-order valence-corrected chi connectivity index (χ0v) is 19.1. The number of amides is 1. The second-order valence-corrected chi connectivity index (χ2v) is 7.55. The Morgan fingerprint density at radius 2 is 1.52 bits per heavy atom. The van der Waals surface area contributed by atoms with Crippen LogP contribution in [0.2, 0.25) is 0 Å². The average molecular weight is 428 g/mol. The van der Waals surface area contributed by atoms with Crippen LogP contribution in [0.3, 0.4) is 0 Å². The van der Waals surface area contributed by atoms with Gasteiger partial charge in [-0.1, -0.05) is 0 Å². The van der Waals surface area contributed by atoms with Gasteiger partial charge in [-0.25, -0.2) is 0 Å². The van der Waals surface area contributed by atoms with Crippen molar-refractivity contribution in [3.8, 4) is 23.0 Å².